The highest BCUT2D eigenvalue weighted by molar-refractivity contribution is 6.31. The van der Waals surface area contributed by atoms with E-state index < -0.39 is 0 Å². The van der Waals surface area contributed by atoms with Crippen molar-refractivity contribution in [1.82, 2.24) is 19.5 Å². The van der Waals surface area contributed by atoms with E-state index in [1.54, 1.807) is 35.0 Å². The molecule has 3 aromatic rings. The molecular formula is C19H18ClN5O2. The minimum Gasteiger partial charge on any atom is -0.338 e. The van der Waals surface area contributed by atoms with Gasteiger partial charge in [-0.15, -0.1) is 10.2 Å². The minimum atomic E-state index is -0.388. The maximum Gasteiger partial charge on any atom is 0.228 e. The molecule has 8 heteroatoms. The third-order valence-corrected chi connectivity index (χ3v) is 4.97. The van der Waals surface area contributed by atoms with Crippen LogP contribution in [0.5, 0.6) is 0 Å². The number of carbonyl (C=O) groups is 2. The summed E-state index contributed by atoms with van der Waals surface area (Å²) >= 11 is 6.02. The fourth-order valence-electron chi connectivity index (χ4n) is 3.37. The van der Waals surface area contributed by atoms with Gasteiger partial charge >= 0.3 is 0 Å². The Morgan fingerprint density at radius 2 is 2.11 bits per heavy atom. The smallest absolute Gasteiger partial charge is 0.228 e. The van der Waals surface area contributed by atoms with Gasteiger partial charge in [0.1, 0.15) is 0 Å². The molecule has 27 heavy (non-hydrogen) atoms. The van der Waals surface area contributed by atoms with Gasteiger partial charge in [-0.25, -0.2) is 0 Å². The van der Waals surface area contributed by atoms with E-state index in [-0.39, 0.29) is 24.2 Å². The fraction of sp³-hybridized carbons (Fsp3) is 0.263. The van der Waals surface area contributed by atoms with E-state index in [0.717, 1.165) is 5.65 Å². The Morgan fingerprint density at radius 1 is 1.26 bits per heavy atom. The second kappa shape index (κ2) is 7.00. The maximum absolute atomic E-state index is 12.9. The van der Waals surface area contributed by atoms with Gasteiger partial charge in [0.15, 0.2) is 11.5 Å². The molecule has 2 aromatic heterocycles. The van der Waals surface area contributed by atoms with Crippen molar-refractivity contribution < 1.29 is 9.59 Å². The standard InChI is InChI=1S/C19H18ClN5O2/c1-23(12-17-22-21-16-7-2-3-8-24(16)17)19(27)13-9-18(26)25(11-13)15-6-4-5-14(20)10-15/h2-8,10,13H,9,11-12H2,1H3/t13-/m1/s1. The van der Waals surface area contributed by atoms with Crippen molar-refractivity contribution in [3.8, 4) is 0 Å². The molecule has 0 bridgehead atoms. The molecule has 0 saturated carbocycles. The number of fused-ring (bicyclic) bond motifs is 1. The average molecular weight is 384 g/mol. The number of benzene rings is 1. The zero-order valence-electron chi connectivity index (χ0n) is 14.7. The number of hydrogen-bond donors (Lipinski definition) is 0. The van der Waals surface area contributed by atoms with Crippen LogP contribution in [0.2, 0.25) is 5.02 Å². The van der Waals surface area contributed by atoms with E-state index in [1.807, 2.05) is 34.9 Å². The lowest BCUT2D eigenvalue weighted by Gasteiger charge is -2.21. The molecular weight excluding hydrogens is 366 g/mol. The summed E-state index contributed by atoms with van der Waals surface area (Å²) < 4.78 is 1.85. The highest BCUT2D eigenvalue weighted by Gasteiger charge is 2.36. The zero-order valence-corrected chi connectivity index (χ0v) is 15.5. The quantitative estimate of drug-likeness (QED) is 0.693. The number of halogens is 1. The summed E-state index contributed by atoms with van der Waals surface area (Å²) in [7, 11) is 1.72. The van der Waals surface area contributed by atoms with E-state index >= 15 is 0 Å². The van der Waals surface area contributed by atoms with Crippen molar-refractivity contribution >= 4 is 34.7 Å². The van der Waals surface area contributed by atoms with Gasteiger partial charge in [-0.1, -0.05) is 23.7 Å². The summed E-state index contributed by atoms with van der Waals surface area (Å²) in [6.07, 6.45) is 2.05. The molecule has 3 heterocycles. The highest BCUT2D eigenvalue weighted by atomic mass is 35.5. The summed E-state index contributed by atoms with van der Waals surface area (Å²) in [5.74, 6) is 0.135. The molecule has 2 amide bonds. The zero-order chi connectivity index (χ0) is 19.0. The molecule has 0 spiro atoms. The number of aromatic nitrogens is 3. The third-order valence-electron chi connectivity index (χ3n) is 4.73. The van der Waals surface area contributed by atoms with Gasteiger partial charge in [0.2, 0.25) is 11.8 Å². The van der Waals surface area contributed by atoms with E-state index in [1.165, 1.54) is 0 Å². The molecule has 1 aliphatic heterocycles. The van der Waals surface area contributed by atoms with Gasteiger partial charge in [-0.2, -0.15) is 0 Å². The predicted octanol–water partition coefficient (Wildman–Crippen LogP) is 2.39. The van der Waals surface area contributed by atoms with Crippen molar-refractivity contribution in [3.63, 3.8) is 0 Å². The first-order valence-corrected chi connectivity index (χ1v) is 9.00. The van der Waals surface area contributed by atoms with Gasteiger partial charge in [0.05, 0.1) is 12.5 Å². The number of carbonyl (C=O) groups excluding carboxylic acids is 2. The molecule has 0 unspecified atom stereocenters. The Morgan fingerprint density at radius 3 is 2.93 bits per heavy atom. The van der Waals surface area contributed by atoms with E-state index in [4.69, 9.17) is 11.6 Å². The molecule has 0 N–H and O–H groups in total. The van der Waals surface area contributed by atoms with Crippen LogP contribution in [-0.4, -0.2) is 44.9 Å². The molecule has 0 aliphatic carbocycles. The molecule has 0 radical (unpaired) electrons. The molecule has 7 nitrogen and oxygen atoms in total. The van der Waals surface area contributed by atoms with Crippen LogP contribution in [0.1, 0.15) is 12.2 Å². The average Bonchev–Trinajstić information content (AvgIpc) is 3.25. The van der Waals surface area contributed by atoms with Gasteiger partial charge < -0.3 is 9.80 Å². The van der Waals surface area contributed by atoms with Crippen LogP contribution in [0.3, 0.4) is 0 Å². The number of anilines is 1. The minimum absolute atomic E-state index is 0.0723. The van der Waals surface area contributed by atoms with E-state index in [2.05, 4.69) is 10.2 Å². The van der Waals surface area contributed by atoms with Crippen LogP contribution >= 0.6 is 11.6 Å². The van der Waals surface area contributed by atoms with E-state index in [9.17, 15) is 9.59 Å². The Kier molecular flexibility index (Phi) is 4.53. The lowest BCUT2D eigenvalue weighted by molar-refractivity contribution is -0.135. The van der Waals surface area contributed by atoms with Crippen molar-refractivity contribution in [3.05, 3.63) is 59.5 Å². The fourth-order valence-corrected chi connectivity index (χ4v) is 3.55. The molecule has 138 valence electrons. The van der Waals surface area contributed by atoms with Crippen LogP contribution in [0.15, 0.2) is 48.7 Å². The lowest BCUT2D eigenvalue weighted by Crippen LogP contribution is -2.34. The van der Waals surface area contributed by atoms with Crippen LogP contribution < -0.4 is 4.90 Å². The molecule has 1 saturated heterocycles. The van der Waals surface area contributed by atoms with Crippen LogP contribution in [-0.2, 0) is 16.1 Å². The summed E-state index contributed by atoms with van der Waals surface area (Å²) in [6, 6.07) is 12.7. The Hall–Kier alpha value is -2.93. The lowest BCUT2D eigenvalue weighted by atomic mass is 10.1. The summed E-state index contributed by atoms with van der Waals surface area (Å²) in [5.41, 5.74) is 1.45. The van der Waals surface area contributed by atoms with Gasteiger partial charge in [-0.05, 0) is 30.3 Å². The second-order valence-electron chi connectivity index (χ2n) is 6.62. The van der Waals surface area contributed by atoms with Gasteiger partial charge in [0, 0.05) is 36.9 Å². The molecule has 1 aliphatic rings. The highest BCUT2D eigenvalue weighted by Crippen LogP contribution is 2.28. The number of rotatable bonds is 4. The van der Waals surface area contributed by atoms with E-state index in [0.29, 0.717) is 29.6 Å². The molecule has 4 rings (SSSR count). The summed E-state index contributed by atoms with van der Waals surface area (Å²) in [5, 5.41) is 8.82. The maximum atomic E-state index is 12.9. The monoisotopic (exact) mass is 383 g/mol. The Balaban J connectivity index is 1.47. The largest absolute Gasteiger partial charge is 0.338 e. The van der Waals surface area contributed by atoms with Crippen LogP contribution in [0.25, 0.3) is 5.65 Å². The SMILES string of the molecule is CN(Cc1nnc2ccccn12)C(=O)[C@@H]1CC(=O)N(c2cccc(Cl)c2)C1. The normalized spacial score (nSPS) is 16.9. The number of hydrogen-bond acceptors (Lipinski definition) is 4. The molecule has 1 fully saturated rings. The Labute approximate surface area is 161 Å². The van der Waals surface area contributed by atoms with Crippen molar-refractivity contribution in [2.45, 2.75) is 13.0 Å². The second-order valence-corrected chi connectivity index (χ2v) is 7.06. The first-order chi connectivity index (χ1) is 13.0. The van der Waals surface area contributed by atoms with Crippen molar-refractivity contribution in [2.24, 2.45) is 5.92 Å². The number of amides is 2. The molecule has 1 aromatic carbocycles. The van der Waals surface area contributed by atoms with Crippen LogP contribution in [0.4, 0.5) is 5.69 Å². The molecule has 1 atom stereocenters. The van der Waals surface area contributed by atoms with Crippen molar-refractivity contribution in [2.75, 3.05) is 18.5 Å². The number of pyridine rings is 1. The van der Waals surface area contributed by atoms with Gasteiger partial charge in [0.25, 0.3) is 0 Å². The predicted molar refractivity (Wildman–Crippen MR) is 101 cm³/mol. The summed E-state index contributed by atoms with van der Waals surface area (Å²) in [6.45, 7) is 0.675. The summed E-state index contributed by atoms with van der Waals surface area (Å²) in [4.78, 5) is 28.5. The third kappa shape index (κ3) is 3.38. The van der Waals surface area contributed by atoms with Gasteiger partial charge in [-0.3, -0.25) is 14.0 Å². The number of nitrogens with zero attached hydrogens (tertiary/aromatic N) is 5. The first kappa shape index (κ1) is 17.5. The van der Waals surface area contributed by atoms with Crippen LogP contribution in [0, 0.1) is 5.92 Å². The van der Waals surface area contributed by atoms with Crippen molar-refractivity contribution in [1.29, 1.82) is 0 Å². The topological polar surface area (TPSA) is 70.8 Å². The Bertz CT molecular complexity index is 1020. The first-order valence-electron chi connectivity index (χ1n) is 8.62.